The van der Waals surface area contributed by atoms with E-state index in [0.29, 0.717) is 22.0 Å². The minimum absolute atomic E-state index is 0.0257. The van der Waals surface area contributed by atoms with E-state index in [1.54, 1.807) is 49.4 Å². The number of nitrogens with one attached hydrogen (secondary N) is 1. The molecule has 1 N–H and O–H groups in total. The maximum atomic E-state index is 12.9. The van der Waals surface area contributed by atoms with Crippen LogP contribution in [-0.2, 0) is 9.53 Å². The fraction of sp³-hybridized carbons (Fsp3) is 0.143. The van der Waals surface area contributed by atoms with Crippen molar-refractivity contribution >= 4 is 29.2 Å². The van der Waals surface area contributed by atoms with Crippen LogP contribution in [0, 0.1) is 13.8 Å². The fourth-order valence-corrected chi connectivity index (χ4v) is 2.63. The van der Waals surface area contributed by atoms with Crippen molar-refractivity contribution in [3.8, 4) is 0 Å². The summed E-state index contributed by atoms with van der Waals surface area (Å²) < 4.78 is 5.46. The molecule has 0 saturated carbocycles. The Morgan fingerprint density at radius 3 is 2.43 bits per heavy atom. The SMILES string of the molecule is Cc1cnc(C(=O)O[C@H](C(=O)Nc2ccc(C)c(Cl)c2)c2ccccc2)cn1. The third-order valence-corrected chi connectivity index (χ3v) is 4.40. The molecule has 0 aliphatic rings. The summed E-state index contributed by atoms with van der Waals surface area (Å²) in [5.41, 5.74) is 2.63. The molecule has 3 rings (SSSR count). The molecule has 1 atom stereocenters. The van der Waals surface area contributed by atoms with Gasteiger partial charge in [-0.25, -0.2) is 9.78 Å². The zero-order chi connectivity index (χ0) is 20.1. The first-order valence-electron chi connectivity index (χ1n) is 8.55. The Kier molecular flexibility index (Phi) is 6.01. The van der Waals surface area contributed by atoms with Gasteiger partial charge in [-0.1, -0.05) is 48.0 Å². The Morgan fingerprint density at radius 1 is 1.04 bits per heavy atom. The van der Waals surface area contributed by atoms with Crippen molar-refractivity contribution in [3.05, 3.63) is 88.5 Å². The van der Waals surface area contributed by atoms with Gasteiger partial charge < -0.3 is 10.1 Å². The molecule has 0 radical (unpaired) electrons. The lowest BCUT2D eigenvalue weighted by atomic mass is 10.1. The van der Waals surface area contributed by atoms with Crippen LogP contribution in [0.1, 0.15) is 33.4 Å². The molecule has 0 aliphatic carbocycles. The average Bonchev–Trinajstić information content (AvgIpc) is 2.70. The number of carbonyl (C=O) groups excluding carboxylic acids is 2. The predicted molar refractivity (Wildman–Crippen MR) is 106 cm³/mol. The van der Waals surface area contributed by atoms with Gasteiger partial charge >= 0.3 is 5.97 Å². The van der Waals surface area contributed by atoms with Crippen LogP contribution in [0.2, 0.25) is 5.02 Å². The number of anilines is 1. The molecule has 0 aliphatic heterocycles. The van der Waals surface area contributed by atoms with Crippen molar-refractivity contribution in [1.29, 1.82) is 0 Å². The van der Waals surface area contributed by atoms with E-state index in [-0.39, 0.29) is 5.69 Å². The number of ether oxygens (including phenoxy) is 1. The van der Waals surface area contributed by atoms with Crippen LogP contribution in [0.3, 0.4) is 0 Å². The first-order chi connectivity index (χ1) is 13.4. The highest BCUT2D eigenvalue weighted by Crippen LogP contribution is 2.24. The van der Waals surface area contributed by atoms with Gasteiger partial charge in [0.1, 0.15) is 0 Å². The first-order valence-corrected chi connectivity index (χ1v) is 8.93. The van der Waals surface area contributed by atoms with Crippen LogP contribution in [0.5, 0.6) is 0 Å². The Morgan fingerprint density at radius 2 is 1.79 bits per heavy atom. The zero-order valence-corrected chi connectivity index (χ0v) is 16.1. The Hall–Kier alpha value is -3.25. The summed E-state index contributed by atoms with van der Waals surface area (Å²) in [5, 5.41) is 3.27. The van der Waals surface area contributed by atoms with Gasteiger partial charge in [-0.3, -0.25) is 9.78 Å². The van der Waals surface area contributed by atoms with E-state index >= 15 is 0 Å². The van der Waals surface area contributed by atoms with E-state index in [1.165, 1.54) is 12.4 Å². The maximum absolute atomic E-state index is 12.9. The van der Waals surface area contributed by atoms with Gasteiger partial charge in [0.2, 0.25) is 6.10 Å². The smallest absolute Gasteiger partial charge is 0.359 e. The minimum Gasteiger partial charge on any atom is -0.443 e. The largest absolute Gasteiger partial charge is 0.443 e. The summed E-state index contributed by atoms with van der Waals surface area (Å²) >= 11 is 6.12. The zero-order valence-electron chi connectivity index (χ0n) is 15.3. The summed E-state index contributed by atoms with van der Waals surface area (Å²) in [6, 6.07) is 13.9. The lowest BCUT2D eigenvalue weighted by Crippen LogP contribution is -2.26. The minimum atomic E-state index is -1.16. The summed E-state index contributed by atoms with van der Waals surface area (Å²) in [6.45, 7) is 3.63. The molecule has 0 fully saturated rings. The van der Waals surface area contributed by atoms with Gasteiger partial charge in [-0.15, -0.1) is 0 Å². The van der Waals surface area contributed by atoms with Gasteiger partial charge in [0.05, 0.1) is 11.9 Å². The van der Waals surface area contributed by atoms with E-state index in [9.17, 15) is 9.59 Å². The predicted octanol–water partition coefficient (Wildman–Crippen LogP) is 4.28. The molecular weight excluding hydrogens is 378 g/mol. The fourth-order valence-electron chi connectivity index (χ4n) is 2.44. The van der Waals surface area contributed by atoms with Gasteiger partial charge in [0, 0.05) is 22.5 Å². The van der Waals surface area contributed by atoms with E-state index in [2.05, 4.69) is 15.3 Å². The lowest BCUT2D eigenvalue weighted by molar-refractivity contribution is -0.125. The maximum Gasteiger partial charge on any atom is 0.359 e. The second kappa shape index (κ2) is 8.63. The lowest BCUT2D eigenvalue weighted by Gasteiger charge is -2.18. The van der Waals surface area contributed by atoms with Crippen LogP contribution < -0.4 is 5.32 Å². The molecule has 0 unspecified atom stereocenters. The summed E-state index contributed by atoms with van der Waals surface area (Å²) in [7, 11) is 0. The molecule has 0 spiro atoms. The second-order valence-corrected chi connectivity index (χ2v) is 6.60. The van der Waals surface area contributed by atoms with Gasteiger partial charge in [0.15, 0.2) is 5.69 Å². The number of carbonyl (C=O) groups is 2. The van der Waals surface area contributed by atoms with Crippen LogP contribution in [0.25, 0.3) is 0 Å². The molecule has 0 bridgehead atoms. The molecule has 2 aromatic carbocycles. The molecule has 3 aromatic rings. The van der Waals surface area contributed by atoms with Gasteiger partial charge in [0.25, 0.3) is 5.91 Å². The number of aryl methyl sites for hydroxylation is 2. The molecule has 1 aromatic heterocycles. The Labute approximate surface area is 167 Å². The number of aromatic nitrogens is 2. The number of amides is 1. The van der Waals surface area contributed by atoms with Gasteiger partial charge in [-0.2, -0.15) is 0 Å². The quantitative estimate of drug-likeness (QED) is 0.652. The topological polar surface area (TPSA) is 81.2 Å². The number of esters is 1. The van der Waals surface area contributed by atoms with Crippen molar-refractivity contribution in [2.45, 2.75) is 20.0 Å². The normalized spacial score (nSPS) is 11.5. The third kappa shape index (κ3) is 4.72. The van der Waals surface area contributed by atoms with Crippen LogP contribution in [0.15, 0.2) is 60.9 Å². The standard InChI is InChI=1S/C21H18ClN3O3/c1-13-8-9-16(10-17(13)22)25-20(26)19(15-6-4-3-5-7-15)28-21(27)18-12-23-14(2)11-24-18/h3-12,19H,1-2H3,(H,25,26)/t19-/m0/s1. The number of nitrogens with zero attached hydrogens (tertiary/aromatic N) is 2. The third-order valence-electron chi connectivity index (χ3n) is 3.99. The monoisotopic (exact) mass is 395 g/mol. The number of halogens is 1. The van der Waals surface area contributed by atoms with E-state index in [1.807, 2.05) is 13.0 Å². The van der Waals surface area contributed by atoms with Crippen LogP contribution in [-0.4, -0.2) is 21.8 Å². The highest BCUT2D eigenvalue weighted by molar-refractivity contribution is 6.31. The van der Waals surface area contributed by atoms with E-state index in [0.717, 1.165) is 5.56 Å². The van der Waals surface area contributed by atoms with Crippen molar-refractivity contribution < 1.29 is 14.3 Å². The molecular formula is C21H18ClN3O3. The van der Waals surface area contributed by atoms with Crippen LogP contribution in [0.4, 0.5) is 5.69 Å². The number of hydrogen-bond donors (Lipinski definition) is 1. The number of benzene rings is 2. The molecule has 7 heteroatoms. The summed E-state index contributed by atoms with van der Waals surface area (Å²) in [5.74, 6) is -1.24. The van der Waals surface area contributed by atoms with E-state index in [4.69, 9.17) is 16.3 Å². The van der Waals surface area contributed by atoms with E-state index < -0.39 is 18.0 Å². The summed E-state index contributed by atoms with van der Waals surface area (Å²) in [6.07, 6.45) is 1.62. The average molecular weight is 396 g/mol. The van der Waals surface area contributed by atoms with Crippen molar-refractivity contribution in [2.75, 3.05) is 5.32 Å². The van der Waals surface area contributed by atoms with Crippen molar-refractivity contribution in [3.63, 3.8) is 0 Å². The molecule has 142 valence electrons. The van der Waals surface area contributed by atoms with Crippen LogP contribution >= 0.6 is 11.6 Å². The second-order valence-electron chi connectivity index (χ2n) is 6.19. The van der Waals surface area contributed by atoms with Gasteiger partial charge in [-0.05, 0) is 31.5 Å². The molecule has 6 nitrogen and oxygen atoms in total. The highest BCUT2D eigenvalue weighted by Gasteiger charge is 2.26. The number of hydrogen-bond acceptors (Lipinski definition) is 5. The molecule has 1 heterocycles. The molecule has 1 amide bonds. The molecule has 28 heavy (non-hydrogen) atoms. The van der Waals surface area contributed by atoms with Crippen molar-refractivity contribution in [1.82, 2.24) is 9.97 Å². The van der Waals surface area contributed by atoms with Crippen molar-refractivity contribution in [2.24, 2.45) is 0 Å². The first kappa shape index (κ1) is 19.5. The highest BCUT2D eigenvalue weighted by atomic mass is 35.5. The molecule has 0 saturated heterocycles. The Bertz CT molecular complexity index is 992. The Balaban J connectivity index is 1.84. The summed E-state index contributed by atoms with van der Waals surface area (Å²) in [4.78, 5) is 33.4. The number of rotatable bonds is 5.